The monoisotopic (exact) mass is 287 g/mol. The van der Waals surface area contributed by atoms with Crippen molar-refractivity contribution in [2.24, 2.45) is 5.73 Å². The molecule has 1 aliphatic rings. The van der Waals surface area contributed by atoms with Crippen LogP contribution < -0.4 is 11.1 Å². The van der Waals surface area contributed by atoms with E-state index in [4.69, 9.17) is 18.0 Å². The Bertz CT molecular complexity index is 662. The molecule has 0 aromatic carbocycles. The fourth-order valence-corrected chi connectivity index (χ4v) is 2.65. The SMILES string of the molecule is CCn1cc(Nc2nc3c(cc2C(N)=S)CCC3)cn1. The van der Waals surface area contributed by atoms with E-state index < -0.39 is 0 Å². The quantitative estimate of drug-likeness (QED) is 0.843. The van der Waals surface area contributed by atoms with Crippen molar-refractivity contribution in [3.05, 3.63) is 35.3 Å². The molecule has 20 heavy (non-hydrogen) atoms. The van der Waals surface area contributed by atoms with Crippen LogP contribution in [-0.4, -0.2) is 19.8 Å². The van der Waals surface area contributed by atoms with Crippen LogP contribution in [0.15, 0.2) is 18.5 Å². The lowest BCUT2D eigenvalue weighted by molar-refractivity contribution is 0.660. The van der Waals surface area contributed by atoms with Crippen LogP contribution in [0.2, 0.25) is 0 Å². The van der Waals surface area contributed by atoms with Crippen LogP contribution in [0, 0.1) is 0 Å². The molecule has 0 radical (unpaired) electrons. The van der Waals surface area contributed by atoms with E-state index in [2.05, 4.69) is 21.5 Å². The Morgan fingerprint density at radius 1 is 1.50 bits per heavy atom. The minimum Gasteiger partial charge on any atom is -0.389 e. The number of hydrogen-bond donors (Lipinski definition) is 2. The van der Waals surface area contributed by atoms with E-state index in [0.29, 0.717) is 4.99 Å². The topological polar surface area (TPSA) is 68.8 Å². The molecule has 104 valence electrons. The number of nitrogens with one attached hydrogen (secondary N) is 1. The van der Waals surface area contributed by atoms with Crippen molar-refractivity contribution in [2.75, 3.05) is 5.32 Å². The number of anilines is 2. The van der Waals surface area contributed by atoms with Gasteiger partial charge in [0.1, 0.15) is 10.8 Å². The van der Waals surface area contributed by atoms with Gasteiger partial charge in [-0.15, -0.1) is 0 Å². The predicted molar refractivity (Wildman–Crippen MR) is 83.3 cm³/mol. The summed E-state index contributed by atoms with van der Waals surface area (Å²) < 4.78 is 1.86. The van der Waals surface area contributed by atoms with Gasteiger partial charge in [-0.3, -0.25) is 4.68 Å². The molecule has 2 aromatic heterocycles. The summed E-state index contributed by atoms with van der Waals surface area (Å²) in [5, 5.41) is 7.52. The number of fused-ring (bicyclic) bond motifs is 1. The van der Waals surface area contributed by atoms with Crippen molar-refractivity contribution in [3.63, 3.8) is 0 Å². The van der Waals surface area contributed by atoms with Crippen LogP contribution in [0.4, 0.5) is 11.5 Å². The van der Waals surface area contributed by atoms with Crippen molar-refractivity contribution >= 4 is 28.7 Å². The van der Waals surface area contributed by atoms with E-state index in [9.17, 15) is 0 Å². The number of rotatable bonds is 4. The number of aryl methyl sites for hydroxylation is 3. The van der Waals surface area contributed by atoms with Crippen molar-refractivity contribution in [1.29, 1.82) is 0 Å². The number of nitrogens with zero attached hydrogens (tertiary/aromatic N) is 3. The van der Waals surface area contributed by atoms with Crippen molar-refractivity contribution in [1.82, 2.24) is 14.8 Å². The molecule has 0 unspecified atom stereocenters. The fourth-order valence-electron chi connectivity index (χ4n) is 2.49. The van der Waals surface area contributed by atoms with Gasteiger partial charge < -0.3 is 11.1 Å². The van der Waals surface area contributed by atoms with Crippen LogP contribution in [0.3, 0.4) is 0 Å². The van der Waals surface area contributed by atoms with Gasteiger partial charge in [0.25, 0.3) is 0 Å². The number of pyridine rings is 1. The van der Waals surface area contributed by atoms with E-state index >= 15 is 0 Å². The summed E-state index contributed by atoms with van der Waals surface area (Å²) in [7, 11) is 0. The van der Waals surface area contributed by atoms with Crippen molar-refractivity contribution in [3.8, 4) is 0 Å². The van der Waals surface area contributed by atoms with Gasteiger partial charge in [0, 0.05) is 18.4 Å². The Kier molecular flexibility index (Phi) is 3.40. The molecule has 0 fully saturated rings. The Hall–Kier alpha value is -1.95. The van der Waals surface area contributed by atoms with Gasteiger partial charge in [0.2, 0.25) is 0 Å². The van der Waals surface area contributed by atoms with Gasteiger partial charge in [0.05, 0.1) is 17.4 Å². The van der Waals surface area contributed by atoms with Gasteiger partial charge in [0.15, 0.2) is 0 Å². The lowest BCUT2D eigenvalue weighted by Crippen LogP contribution is -2.14. The first kappa shape index (κ1) is 13.1. The normalized spacial score (nSPS) is 13.2. The smallest absolute Gasteiger partial charge is 0.141 e. The molecule has 6 heteroatoms. The van der Waals surface area contributed by atoms with Crippen LogP contribution in [-0.2, 0) is 19.4 Å². The summed E-state index contributed by atoms with van der Waals surface area (Å²) in [5.74, 6) is 0.730. The zero-order valence-corrected chi connectivity index (χ0v) is 12.2. The maximum Gasteiger partial charge on any atom is 0.141 e. The second kappa shape index (κ2) is 5.20. The van der Waals surface area contributed by atoms with Crippen LogP contribution in [0.5, 0.6) is 0 Å². The molecule has 5 nitrogen and oxygen atoms in total. The highest BCUT2D eigenvalue weighted by Gasteiger charge is 2.18. The largest absolute Gasteiger partial charge is 0.389 e. The molecule has 2 heterocycles. The molecule has 3 rings (SSSR count). The van der Waals surface area contributed by atoms with E-state index in [1.807, 2.05) is 17.8 Å². The Balaban J connectivity index is 1.97. The first-order chi connectivity index (χ1) is 9.67. The molecule has 0 atom stereocenters. The van der Waals surface area contributed by atoms with Gasteiger partial charge in [-0.05, 0) is 37.8 Å². The lowest BCUT2D eigenvalue weighted by atomic mass is 10.1. The van der Waals surface area contributed by atoms with E-state index in [0.717, 1.165) is 48.6 Å². The molecular weight excluding hydrogens is 270 g/mol. The zero-order chi connectivity index (χ0) is 14.1. The Morgan fingerprint density at radius 2 is 2.35 bits per heavy atom. The van der Waals surface area contributed by atoms with Crippen LogP contribution >= 0.6 is 12.2 Å². The van der Waals surface area contributed by atoms with Gasteiger partial charge in [-0.25, -0.2) is 4.98 Å². The highest BCUT2D eigenvalue weighted by molar-refractivity contribution is 7.80. The number of nitrogens with two attached hydrogens (primary N) is 1. The average Bonchev–Trinajstić information content (AvgIpc) is 3.05. The number of thiocarbonyl (C=S) groups is 1. The highest BCUT2D eigenvalue weighted by atomic mass is 32.1. The third kappa shape index (κ3) is 2.38. The first-order valence-corrected chi connectivity index (χ1v) is 7.20. The third-order valence-corrected chi connectivity index (χ3v) is 3.76. The number of hydrogen-bond acceptors (Lipinski definition) is 4. The predicted octanol–water partition coefficient (Wildman–Crippen LogP) is 2.16. The summed E-state index contributed by atoms with van der Waals surface area (Å²) in [6, 6.07) is 2.07. The van der Waals surface area contributed by atoms with Crippen molar-refractivity contribution in [2.45, 2.75) is 32.7 Å². The fraction of sp³-hybridized carbons (Fsp3) is 0.357. The second-order valence-corrected chi connectivity index (χ2v) is 5.36. The maximum atomic E-state index is 5.82. The van der Waals surface area contributed by atoms with Gasteiger partial charge >= 0.3 is 0 Å². The minimum absolute atomic E-state index is 0.373. The number of aromatic nitrogens is 3. The Morgan fingerprint density at radius 3 is 3.05 bits per heavy atom. The van der Waals surface area contributed by atoms with E-state index in [1.165, 1.54) is 5.56 Å². The second-order valence-electron chi connectivity index (χ2n) is 4.92. The summed E-state index contributed by atoms with van der Waals surface area (Å²) in [6.45, 7) is 2.88. The molecule has 0 spiro atoms. The summed E-state index contributed by atoms with van der Waals surface area (Å²) >= 11 is 5.14. The Labute approximate surface area is 123 Å². The summed E-state index contributed by atoms with van der Waals surface area (Å²) in [5.41, 5.74) is 9.95. The summed E-state index contributed by atoms with van der Waals surface area (Å²) in [6.07, 6.45) is 6.96. The van der Waals surface area contributed by atoms with Crippen LogP contribution in [0.25, 0.3) is 0 Å². The molecule has 1 aliphatic carbocycles. The van der Waals surface area contributed by atoms with Gasteiger partial charge in [-0.1, -0.05) is 12.2 Å². The molecular formula is C14H17N5S. The van der Waals surface area contributed by atoms with E-state index in [-0.39, 0.29) is 0 Å². The molecule has 3 N–H and O–H groups in total. The van der Waals surface area contributed by atoms with E-state index in [1.54, 1.807) is 6.20 Å². The standard InChI is InChI=1S/C14H17N5S/c1-2-19-8-10(7-16-19)17-14-11(13(15)20)6-9-4-3-5-12(9)18-14/h6-8H,2-5H2,1H3,(H2,15,20)(H,17,18). The molecule has 2 aromatic rings. The molecule has 0 amide bonds. The lowest BCUT2D eigenvalue weighted by Gasteiger charge is -2.11. The third-order valence-electron chi connectivity index (χ3n) is 3.54. The molecule has 0 saturated carbocycles. The molecule has 0 saturated heterocycles. The first-order valence-electron chi connectivity index (χ1n) is 6.79. The maximum absolute atomic E-state index is 5.82. The van der Waals surface area contributed by atoms with Gasteiger partial charge in [-0.2, -0.15) is 5.10 Å². The average molecular weight is 287 g/mol. The minimum atomic E-state index is 0.373. The zero-order valence-electron chi connectivity index (χ0n) is 11.4. The van der Waals surface area contributed by atoms with Crippen molar-refractivity contribution < 1.29 is 0 Å². The summed E-state index contributed by atoms with van der Waals surface area (Å²) in [4.78, 5) is 5.06. The molecule has 0 aliphatic heterocycles. The van der Waals surface area contributed by atoms with Crippen LogP contribution in [0.1, 0.15) is 30.2 Å². The highest BCUT2D eigenvalue weighted by Crippen LogP contribution is 2.27. The molecule has 0 bridgehead atoms.